The number of benzene rings is 10. The summed E-state index contributed by atoms with van der Waals surface area (Å²) in [5.41, 5.74) is 12.9. The molecule has 0 bridgehead atoms. The number of aromatic carboxylic acids is 4. The van der Waals surface area contributed by atoms with Crippen molar-refractivity contribution in [3.8, 4) is 5.75 Å². The van der Waals surface area contributed by atoms with Gasteiger partial charge in [0.05, 0.1) is 49.1 Å². The fraction of sp³-hybridized carbons (Fsp3) is 0.0380. The molecule has 0 heterocycles. The molecule has 0 atom stereocenters. The van der Waals surface area contributed by atoms with E-state index in [0.717, 1.165) is 74.7 Å². The molecule has 0 radical (unpaired) electrons. The second-order valence-electron chi connectivity index (χ2n) is 20.5. The van der Waals surface area contributed by atoms with Gasteiger partial charge < -0.3 is 39.8 Å². The molecule has 0 fully saturated rings. The van der Waals surface area contributed by atoms with Gasteiger partial charge in [-0.15, -0.1) is 0 Å². The van der Waals surface area contributed by atoms with E-state index in [1.807, 2.05) is 131 Å². The molecule has 0 amide bonds. The minimum atomic E-state index is -1.05. The van der Waals surface area contributed by atoms with Crippen molar-refractivity contribution in [2.24, 2.45) is 0 Å². The Hall–Kier alpha value is -14.0. The van der Waals surface area contributed by atoms with Crippen LogP contribution in [0.1, 0.15) is 109 Å². The highest BCUT2D eigenvalue weighted by molar-refractivity contribution is 5.94. The first-order valence-corrected chi connectivity index (χ1v) is 28.6. The average Bonchev–Trinajstić information content (AvgIpc) is 0.832. The summed E-state index contributed by atoms with van der Waals surface area (Å²) in [5.74, 6) is -3.31. The second-order valence-corrected chi connectivity index (χ2v) is 20.5. The normalized spacial score (nSPS) is 10.7. The molecule has 4 N–H and O–H groups in total. The molecule has 17 nitrogen and oxygen atoms in total. The van der Waals surface area contributed by atoms with E-state index in [1.54, 1.807) is 98.1 Å². The molecule has 0 saturated carbocycles. The van der Waals surface area contributed by atoms with Gasteiger partial charge in [-0.3, -0.25) is 9.59 Å². The Bertz CT molecular complexity index is 4320. The summed E-state index contributed by atoms with van der Waals surface area (Å²) in [6, 6.07) is 69.8. The molecule has 10 aromatic rings. The average molecular weight is 1270 g/mol. The number of carbonyl (C=O) groups excluding carboxylic acids is 2. The summed E-state index contributed by atoms with van der Waals surface area (Å²) < 4.78 is 5.22. The van der Waals surface area contributed by atoms with E-state index < -0.39 is 23.9 Å². The maximum atomic E-state index is 11.3. The minimum absolute atomic E-state index is 0. The number of hydrogen-bond donors (Lipinski definition) is 4. The van der Waals surface area contributed by atoms with Crippen LogP contribution in [0.5, 0.6) is 5.75 Å². The van der Waals surface area contributed by atoms with Crippen molar-refractivity contribution < 1.29 is 53.9 Å². The van der Waals surface area contributed by atoms with Crippen LogP contribution in [0.2, 0.25) is 0 Å². The van der Waals surface area contributed by atoms with Crippen molar-refractivity contribution in [2.75, 3.05) is 16.9 Å². The first-order valence-electron chi connectivity index (χ1n) is 28.6. The molecule has 0 aliphatic rings. The van der Waals surface area contributed by atoms with Crippen LogP contribution in [-0.4, -0.2) is 64.0 Å². The van der Waals surface area contributed by atoms with Crippen LogP contribution in [0.15, 0.2) is 243 Å². The van der Waals surface area contributed by atoms with Crippen LogP contribution in [0.25, 0.3) is 54.7 Å². The Balaban J connectivity index is 0.000000278. The van der Waals surface area contributed by atoms with Crippen LogP contribution in [0.4, 0.5) is 34.1 Å². The van der Waals surface area contributed by atoms with Crippen molar-refractivity contribution in [3.05, 3.63) is 361 Å². The summed E-state index contributed by atoms with van der Waals surface area (Å²) >= 11 is 0. The number of methoxy groups -OCH3 is 1. The molecule has 10 rings (SSSR count). The van der Waals surface area contributed by atoms with Gasteiger partial charge in [0.25, 0.3) is 0 Å². The standard InChI is InChI=1S/C48H30N4O6.C21H17NO3.C9H7NO2.CH4/c1-49-43(34-10-16-37(17-11-34)46(53)54)28-31-4-22-40(23-5-31)52(41-24-6-32(7-25-41)29-44(50-2)35-12-18-38(19-13-35)47(55)56)42-26-8-33(9-27-42)30-45(51-3)36-14-20-39(21-15-36)48(57)58;1-25-21-12-10-20(11-13-21)22(18-6-2-16(14-23)3-7-18)19-8-4-17(15-24)5-9-19;1-10-6-7-2-4-8(5-3-7)9(11)12;/h4-30H,(H,53,54)(H,55,56)(H,57,58);2-15H,1H3;2-5H,6H2,(H,11,12);1H4/b43-28-,44-29-,45-30-;;;. The number of carbonyl (C=O) groups is 6. The number of ether oxygens (including phenoxy) is 1. The highest BCUT2D eigenvalue weighted by Crippen LogP contribution is 2.38. The lowest BCUT2D eigenvalue weighted by Gasteiger charge is -2.26. The molecular formula is C79H58N6O11. The maximum absolute atomic E-state index is 11.3. The summed E-state index contributed by atoms with van der Waals surface area (Å²) in [5, 5.41) is 36.3. The molecule has 0 aliphatic heterocycles. The van der Waals surface area contributed by atoms with Crippen molar-refractivity contribution in [2.45, 2.75) is 14.0 Å². The fourth-order valence-electron chi connectivity index (χ4n) is 9.40. The van der Waals surface area contributed by atoms with Gasteiger partial charge in [0.15, 0.2) is 17.1 Å². The Morgan fingerprint density at radius 1 is 0.344 bits per heavy atom. The number of nitrogens with zero attached hydrogens (tertiary/aromatic N) is 6. The van der Waals surface area contributed by atoms with Crippen LogP contribution in [-0.2, 0) is 6.54 Å². The number of anilines is 6. The minimum Gasteiger partial charge on any atom is -0.497 e. The summed E-state index contributed by atoms with van der Waals surface area (Å²) in [4.78, 5) is 84.4. The monoisotopic (exact) mass is 1270 g/mol. The van der Waals surface area contributed by atoms with E-state index in [2.05, 4.69) is 19.4 Å². The Kier molecular flexibility index (Phi) is 24.4. The van der Waals surface area contributed by atoms with Crippen LogP contribution >= 0.6 is 0 Å². The highest BCUT2D eigenvalue weighted by atomic mass is 16.5. The molecule has 96 heavy (non-hydrogen) atoms. The molecule has 17 heteroatoms. The zero-order valence-corrected chi connectivity index (χ0v) is 50.5. The van der Waals surface area contributed by atoms with Gasteiger partial charge >= 0.3 is 23.9 Å². The van der Waals surface area contributed by atoms with Gasteiger partial charge in [0.1, 0.15) is 18.3 Å². The highest BCUT2D eigenvalue weighted by Gasteiger charge is 2.17. The number of hydrogen-bond acceptors (Lipinski definition) is 9. The van der Waals surface area contributed by atoms with E-state index in [4.69, 9.17) is 36.1 Å². The first kappa shape index (κ1) is 69.5. The lowest BCUT2D eigenvalue weighted by molar-refractivity contribution is 0.0686. The van der Waals surface area contributed by atoms with Crippen LogP contribution < -0.4 is 14.5 Å². The Labute approximate surface area is 554 Å². The van der Waals surface area contributed by atoms with Gasteiger partial charge in [0.2, 0.25) is 6.54 Å². The molecule has 0 aromatic heterocycles. The lowest BCUT2D eigenvalue weighted by Crippen LogP contribution is -2.10. The van der Waals surface area contributed by atoms with Crippen molar-refractivity contribution in [3.63, 3.8) is 0 Å². The predicted molar refractivity (Wildman–Crippen MR) is 374 cm³/mol. The quantitative estimate of drug-likeness (QED) is 0.0318. The maximum Gasteiger partial charge on any atom is 0.335 e. The third kappa shape index (κ3) is 18.3. The predicted octanol–water partition coefficient (Wildman–Crippen LogP) is 18.7. The van der Waals surface area contributed by atoms with E-state index in [0.29, 0.717) is 51.5 Å². The molecular weight excluding hydrogens is 1210 g/mol. The summed E-state index contributed by atoms with van der Waals surface area (Å²) in [6.45, 7) is 30.2. The lowest BCUT2D eigenvalue weighted by atomic mass is 10.0. The van der Waals surface area contributed by atoms with Gasteiger partial charge in [-0.2, -0.15) is 0 Å². The Morgan fingerprint density at radius 2 is 0.562 bits per heavy atom. The van der Waals surface area contributed by atoms with E-state index in [-0.39, 0.29) is 29.7 Å². The molecule has 0 aliphatic carbocycles. The van der Waals surface area contributed by atoms with Gasteiger partial charge in [0, 0.05) is 50.8 Å². The first-order chi connectivity index (χ1) is 46.0. The van der Waals surface area contributed by atoms with E-state index in [9.17, 15) is 44.1 Å². The topological polar surface area (TPSA) is 216 Å². The number of aldehydes is 2. The zero-order chi connectivity index (χ0) is 67.8. The molecule has 0 saturated heterocycles. The van der Waals surface area contributed by atoms with Crippen molar-refractivity contribution in [1.82, 2.24) is 0 Å². The second kappa shape index (κ2) is 33.7. The summed E-state index contributed by atoms with van der Waals surface area (Å²) in [6.07, 6.45) is 6.83. The zero-order valence-electron chi connectivity index (χ0n) is 50.5. The van der Waals surface area contributed by atoms with Crippen LogP contribution in [0, 0.1) is 26.3 Å². The van der Waals surface area contributed by atoms with Crippen molar-refractivity contribution in [1.29, 1.82) is 0 Å². The largest absolute Gasteiger partial charge is 0.497 e. The molecule has 470 valence electrons. The van der Waals surface area contributed by atoms with Gasteiger partial charge in [-0.25, -0.2) is 40.3 Å². The van der Waals surface area contributed by atoms with Crippen LogP contribution in [0.3, 0.4) is 0 Å². The smallest absolute Gasteiger partial charge is 0.335 e. The Morgan fingerprint density at radius 3 is 0.771 bits per heavy atom. The number of carboxylic acids is 4. The number of carboxylic acid groups (broad SMARTS) is 4. The molecule has 0 unspecified atom stereocenters. The van der Waals surface area contributed by atoms with Crippen molar-refractivity contribution >= 4 is 106 Å². The van der Waals surface area contributed by atoms with E-state index >= 15 is 0 Å². The molecule has 0 spiro atoms. The molecule has 10 aromatic carbocycles. The third-order valence-electron chi connectivity index (χ3n) is 14.4. The third-order valence-corrected chi connectivity index (χ3v) is 14.4. The number of rotatable bonds is 20. The fourth-order valence-corrected chi connectivity index (χ4v) is 9.40. The van der Waals surface area contributed by atoms with E-state index in [1.165, 1.54) is 48.5 Å². The SMILES string of the molecule is C.COc1ccc(N(c2ccc(C=O)cc2)c2ccc(C=O)cc2)cc1.[C-]#[N+]/C(=C\c1ccc(N(c2ccc(/C=C(\[N+]#[C-])c3ccc(C(=O)O)cc3)cc2)c2ccc(/C=C(\[N+]#[C-])c3ccc(C(=O)O)cc3)cc2)cc1)c1ccc(C(=O)O)cc1.[C-]#[N+]Cc1ccc(C(=O)O)cc1. The van der Waals surface area contributed by atoms with Gasteiger partial charge in [-0.1, -0.05) is 92.4 Å². The van der Waals surface area contributed by atoms with Gasteiger partial charge in [-0.05, 0) is 209 Å². The summed E-state index contributed by atoms with van der Waals surface area (Å²) in [7, 11) is 1.63.